The summed E-state index contributed by atoms with van der Waals surface area (Å²) in [4.78, 5) is 12.7. The molecule has 0 saturated carbocycles. The molecular weight excluding hydrogens is 275 g/mol. The molecule has 0 bridgehead atoms. The predicted octanol–water partition coefficient (Wildman–Crippen LogP) is 3.03. The lowest BCUT2D eigenvalue weighted by molar-refractivity contribution is -0.116. The van der Waals surface area contributed by atoms with Crippen molar-refractivity contribution in [2.24, 2.45) is 7.05 Å². The lowest BCUT2D eigenvalue weighted by atomic mass is 10.2. The van der Waals surface area contributed by atoms with Crippen LogP contribution in [0.15, 0.2) is 35.2 Å². The van der Waals surface area contributed by atoms with Gasteiger partial charge in [0.05, 0.1) is 11.4 Å². The smallest absolute Gasteiger partial charge is 0.149 e. The van der Waals surface area contributed by atoms with Crippen LogP contribution in [0, 0.1) is 5.82 Å². The van der Waals surface area contributed by atoms with Crippen molar-refractivity contribution in [3.8, 4) is 0 Å². The largest absolute Gasteiger partial charge is 0.298 e. The number of rotatable bonds is 6. The number of Topliss-reactive ketones (excluding diaryl/α,β-unsaturated/α-hetero) is 1. The molecule has 0 saturated heterocycles. The van der Waals surface area contributed by atoms with E-state index >= 15 is 0 Å². The molecule has 0 spiro atoms. The molecule has 0 aliphatic carbocycles. The number of hydrogen-bond acceptors (Lipinski definition) is 3. The molecule has 0 aliphatic heterocycles. The Morgan fingerprint density at radius 2 is 2.20 bits per heavy atom. The number of thioether (sulfide) groups is 1. The minimum absolute atomic E-state index is 0.116. The molecule has 0 unspecified atom stereocenters. The maximum absolute atomic E-state index is 13.0. The van der Waals surface area contributed by atoms with Crippen molar-refractivity contribution < 1.29 is 9.18 Å². The van der Waals surface area contributed by atoms with Gasteiger partial charge >= 0.3 is 0 Å². The van der Waals surface area contributed by atoms with Crippen molar-refractivity contribution in [1.29, 1.82) is 0 Å². The third-order valence-corrected chi connectivity index (χ3v) is 4.02. The number of ketones is 1. The van der Waals surface area contributed by atoms with Gasteiger partial charge in [0, 0.05) is 24.1 Å². The summed E-state index contributed by atoms with van der Waals surface area (Å²) in [6.07, 6.45) is 1.23. The van der Waals surface area contributed by atoms with Crippen LogP contribution in [0.1, 0.15) is 18.3 Å². The van der Waals surface area contributed by atoms with Gasteiger partial charge < -0.3 is 0 Å². The summed E-state index contributed by atoms with van der Waals surface area (Å²) >= 11 is 1.36. The van der Waals surface area contributed by atoms with Crippen molar-refractivity contribution in [3.05, 3.63) is 47.5 Å². The topological polar surface area (TPSA) is 34.9 Å². The van der Waals surface area contributed by atoms with E-state index in [0.717, 1.165) is 22.7 Å². The maximum atomic E-state index is 13.0. The molecule has 2 aromatic rings. The van der Waals surface area contributed by atoms with Crippen LogP contribution in [-0.2, 0) is 24.7 Å². The molecule has 2 rings (SSSR count). The van der Waals surface area contributed by atoms with E-state index in [0.29, 0.717) is 12.2 Å². The highest BCUT2D eigenvalue weighted by Gasteiger charge is 2.10. The zero-order chi connectivity index (χ0) is 14.5. The molecule has 0 aliphatic rings. The van der Waals surface area contributed by atoms with Crippen LogP contribution in [0.3, 0.4) is 0 Å². The van der Waals surface area contributed by atoms with Crippen LogP contribution in [0.4, 0.5) is 4.39 Å². The predicted molar refractivity (Wildman–Crippen MR) is 78.4 cm³/mol. The van der Waals surface area contributed by atoms with Gasteiger partial charge in [-0.25, -0.2) is 4.39 Å². The van der Waals surface area contributed by atoms with Crippen LogP contribution in [-0.4, -0.2) is 21.3 Å². The second-order valence-electron chi connectivity index (χ2n) is 4.57. The van der Waals surface area contributed by atoms with E-state index in [9.17, 15) is 9.18 Å². The maximum Gasteiger partial charge on any atom is 0.149 e. The summed E-state index contributed by atoms with van der Waals surface area (Å²) in [5, 5.41) is 4.32. The average Bonchev–Trinajstić information content (AvgIpc) is 2.77. The van der Waals surface area contributed by atoms with Crippen molar-refractivity contribution in [2.75, 3.05) is 5.75 Å². The quantitative estimate of drug-likeness (QED) is 0.768. The van der Waals surface area contributed by atoms with E-state index in [2.05, 4.69) is 5.10 Å². The fourth-order valence-corrected chi connectivity index (χ4v) is 2.68. The molecule has 20 heavy (non-hydrogen) atoms. The lowest BCUT2D eigenvalue weighted by Gasteiger charge is -2.02. The molecule has 5 heteroatoms. The minimum atomic E-state index is -0.276. The third-order valence-electron chi connectivity index (χ3n) is 2.96. The number of carbonyl (C=O) groups is 1. The third kappa shape index (κ3) is 3.93. The molecule has 3 nitrogen and oxygen atoms in total. The highest BCUT2D eigenvalue weighted by atomic mass is 32.2. The highest BCUT2D eigenvalue weighted by molar-refractivity contribution is 8.00. The number of halogens is 1. The number of carbonyl (C=O) groups excluding carboxylic acids is 1. The Labute approximate surface area is 122 Å². The van der Waals surface area contributed by atoms with E-state index in [4.69, 9.17) is 0 Å². The van der Waals surface area contributed by atoms with Crippen LogP contribution in [0.5, 0.6) is 0 Å². The monoisotopic (exact) mass is 292 g/mol. The van der Waals surface area contributed by atoms with Gasteiger partial charge in [0.2, 0.25) is 0 Å². The van der Waals surface area contributed by atoms with Crippen molar-refractivity contribution in [3.63, 3.8) is 0 Å². The Morgan fingerprint density at radius 1 is 1.40 bits per heavy atom. The highest BCUT2D eigenvalue weighted by Crippen LogP contribution is 2.19. The molecule has 0 fully saturated rings. The Kier molecular flexibility index (Phi) is 4.95. The summed E-state index contributed by atoms with van der Waals surface area (Å²) in [6.45, 7) is 2.04. The van der Waals surface area contributed by atoms with E-state index in [1.54, 1.807) is 16.8 Å². The molecule has 0 N–H and O–H groups in total. The van der Waals surface area contributed by atoms with Crippen LogP contribution < -0.4 is 0 Å². The first-order valence-corrected chi connectivity index (χ1v) is 7.49. The standard InChI is InChI=1S/C15H17FN2OS/c1-3-12-8-13(18(2)17-12)9-14(19)10-20-15-6-4-5-11(16)7-15/h4-8H,3,9-10H2,1-2H3. The Bertz CT molecular complexity index is 610. The zero-order valence-electron chi connectivity index (χ0n) is 11.6. The van der Waals surface area contributed by atoms with Crippen LogP contribution in [0.25, 0.3) is 0 Å². The van der Waals surface area contributed by atoms with Crippen LogP contribution in [0.2, 0.25) is 0 Å². The molecule has 106 valence electrons. The number of benzene rings is 1. The Morgan fingerprint density at radius 3 is 2.85 bits per heavy atom. The van der Waals surface area contributed by atoms with Gasteiger partial charge in [-0.1, -0.05) is 13.0 Å². The summed E-state index contributed by atoms with van der Waals surface area (Å²) in [5.74, 6) is 0.183. The first kappa shape index (κ1) is 14.8. The fraction of sp³-hybridized carbons (Fsp3) is 0.333. The Balaban J connectivity index is 1.90. The van der Waals surface area contributed by atoms with Gasteiger partial charge in [0.15, 0.2) is 0 Å². The second kappa shape index (κ2) is 6.70. The first-order valence-electron chi connectivity index (χ1n) is 6.50. The van der Waals surface area contributed by atoms with Crippen molar-refractivity contribution >= 4 is 17.5 Å². The van der Waals surface area contributed by atoms with E-state index in [1.807, 2.05) is 20.0 Å². The van der Waals surface area contributed by atoms with Gasteiger partial charge in [-0.05, 0) is 30.7 Å². The first-order chi connectivity index (χ1) is 9.58. The summed E-state index contributed by atoms with van der Waals surface area (Å²) in [5.41, 5.74) is 1.92. The summed E-state index contributed by atoms with van der Waals surface area (Å²) < 4.78 is 14.8. The normalized spacial score (nSPS) is 10.8. The molecule has 1 aromatic carbocycles. The number of nitrogens with zero attached hydrogens (tertiary/aromatic N) is 2. The Hall–Kier alpha value is -1.62. The van der Waals surface area contributed by atoms with Gasteiger partial charge in [0.1, 0.15) is 11.6 Å². The van der Waals surface area contributed by atoms with Crippen LogP contribution >= 0.6 is 11.8 Å². The number of aryl methyl sites for hydroxylation is 2. The molecule has 0 amide bonds. The number of hydrogen-bond donors (Lipinski definition) is 0. The second-order valence-corrected chi connectivity index (χ2v) is 5.61. The van der Waals surface area contributed by atoms with Crippen molar-refractivity contribution in [1.82, 2.24) is 9.78 Å². The zero-order valence-corrected chi connectivity index (χ0v) is 12.4. The van der Waals surface area contributed by atoms with Gasteiger partial charge in [-0.3, -0.25) is 9.48 Å². The molecular formula is C15H17FN2OS. The van der Waals surface area contributed by atoms with E-state index < -0.39 is 0 Å². The SMILES string of the molecule is CCc1cc(CC(=O)CSc2cccc(F)c2)n(C)n1. The summed E-state index contributed by atoms with van der Waals surface area (Å²) in [6, 6.07) is 8.26. The average molecular weight is 292 g/mol. The van der Waals surface area contributed by atoms with E-state index in [-0.39, 0.29) is 11.6 Å². The lowest BCUT2D eigenvalue weighted by Crippen LogP contribution is -2.09. The molecule has 1 aromatic heterocycles. The van der Waals surface area contributed by atoms with Gasteiger partial charge in [-0.2, -0.15) is 5.10 Å². The number of aromatic nitrogens is 2. The minimum Gasteiger partial charge on any atom is -0.298 e. The molecule has 1 heterocycles. The molecule has 0 atom stereocenters. The summed E-state index contributed by atoms with van der Waals surface area (Å²) in [7, 11) is 1.85. The fourth-order valence-electron chi connectivity index (χ4n) is 1.88. The van der Waals surface area contributed by atoms with Gasteiger partial charge in [-0.15, -0.1) is 11.8 Å². The van der Waals surface area contributed by atoms with E-state index in [1.165, 1.54) is 23.9 Å². The molecule has 0 radical (unpaired) electrons. The van der Waals surface area contributed by atoms with Crippen molar-refractivity contribution in [2.45, 2.75) is 24.7 Å². The van der Waals surface area contributed by atoms with Gasteiger partial charge in [0.25, 0.3) is 0 Å².